The first-order valence-corrected chi connectivity index (χ1v) is 20.5. The predicted molar refractivity (Wildman–Crippen MR) is 235 cm³/mol. The number of hydrogen-bond acceptors (Lipinski definition) is 8. The van der Waals surface area contributed by atoms with Gasteiger partial charge in [-0.15, -0.1) is 0 Å². The molecule has 2 atom stereocenters. The van der Waals surface area contributed by atoms with E-state index in [4.69, 9.17) is 52.1 Å². The van der Waals surface area contributed by atoms with Gasteiger partial charge in [0, 0.05) is 59.3 Å². The first kappa shape index (κ1) is 42.2. The molecule has 310 valence electrons. The van der Waals surface area contributed by atoms with E-state index in [2.05, 4.69) is 9.97 Å². The topological polar surface area (TPSA) is 169 Å². The number of aliphatic carboxylic acids is 2. The lowest BCUT2D eigenvalue weighted by molar-refractivity contribution is -0.141. The zero-order valence-electron chi connectivity index (χ0n) is 33.0. The van der Waals surface area contributed by atoms with Crippen LogP contribution in [0, 0.1) is 0 Å². The monoisotopic (exact) mass is 850 g/mol. The first-order valence-electron chi connectivity index (χ1n) is 19.7. The molecule has 7 rings (SSSR count). The van der Waals surface area contributed by atoms with Crippen molar-refractivity contribution in [1.29, 1.82) is 0 Å². The fraction of sp³-hybridized carbons (Fsp3) is 0.261. The van der Waals surface area contributed by atoms with Crippen molar-refractivity contribution >= 4 is 81.5 Å². The quantitative estimate of drug-likeness (QED) is 0.0652. The molecule has 0 spiro atoms. The number of para-hydroxylation sites is 2. The van der Waals surface area contributed by atoms with Crippen LogP contribution in [0.1, 0.15) is 62.3 Å². The van der Waals surface area contributed by atoms with Gasteiger partial charge in [0.2, 0.25) is 0 Å². The summed E-state index contributed by atoms with van der Waals surface area (Å²) >= 11 is 14.3. The highest BCUT2D eigenvalue weighted by molar-refractivity contribution is 6.36. The van der Waals surface area contributed by atoms with Crippen LogP contribution in [0.15, 0.2) is 72.8 Å². The summed E-state index contributed by atoms with van der Waals surface area (Å²) in [4.78, 5) is 39.9. The molecule has 12 nitrogen and oxygen atoms in total. The maximum Gasteiger partial charge on any atom is 0.305 e. The van der Waals surface area contributed by atoms with Crippen molar-refractivity contribution in [3.8, 4) is 33.8 Å². The number of aromatic amines is 2. The van der Waals surface area contributed by atoms with Gasteiger partial charge in [0.15, 0.2) is 0 Å². The van der Waals surface area contributed by atoms with Gasteiger partial charge in [0.25, 0.3) is 0 Å². The SMILES string of the molecule is CCOC(CCOc1ccccc1-c1c2nc(c(Cl)c3ccc([nH]3)c(-c3ccccc3OCCC(CC(=O)O)OCC)c3nc(c(Cl)c4ccc1[nH]4)C=C3)C=C2)CC(=O)O. The molecule has 0 radical (unpaired) electrons. The Morgan fingerprint density at radius 3 is 1.37 bits per heavy atom. The van der Waals surface area contributed by atoms with Crippen LogP contribution in [-0.2, 0) is 19.1 Å². The van der Waals surface area contributed by atoms with Crippen LogP contribution in [0.4, 0.5) is 0 Å². The molecule has 5 heterocycles. The third-order valence-corrected chi connectivity index (χ3v) is 10.7. The molecular formula is C46H44Cl2N4O8. The maximum absolute atomic E-state index is 11.4. The average Bonchev–Trinajstić information content (AvgIpc) is 4.07. The molecule has 0 saturated heterocycles. The molecule has 0 aliphatic carbocycles. The highest BCUT2D eigenvalue weighted by atomic mass is 35.5. The summed E-state index contributed by atoms with van der Waals surface area (Å²) in [6.45, 7) is 4.92. The third-order valence-electron chi connectivity index (χ3n) is 9.94. The number of hydrogen-bond donors (Lipinski definition) is 4. The van der Waals surface area contributed by atoms with Crippen LogP contribution >= 0.6 is 23.2 Å². The minimum absolute atomic E-state index is 0.118. The van der Waals surface area contributed by atoms with E-state index in [1.807, 2.05) is 111 Å². The molecule has 3 aromatic heterocycles. The van der Waals surface area contributed by atoms with Gasteiger partial charge in [-0.1, -0.05) is 59.6 Å². The Morgan fingerprint density at radius 1 is 0.583 bits per heavy atom. The van der Waals surface area contributed by atoms with Crippen LogP contribution in [0.2, 0.25) is 10.0 Å². The van der Waals surface area contributed by atoms with Gasteiger partial charge in [0.05, 0.1) is 82.1 Å². The number of carboxylic acid groups (broad SMARTS) is 2. The minimum Gasteiger partial charge on any atom is -0.493 e. The molecule has 2 aliphatic heterocycles. The molecule has 8 bridgehead atoms. The summed E-state index contributed by atoms with van der Waals surface area (Å²) < 4.78 is 24.0. The predicted octanol–water partition coefficient (Wildman–Crippen LogP) is 10.6. The second kappa shape index (κ2) is 19.4. The van der Waals surface area contributed by atoms with E-state index in [0.29, 0.717) is 92.4 Å². The van der Waals surface area contributed by atoms with Crippen LogP contribution in [0.5, 0.6) is 11.5 Å². The molecule has 14 heteroatoms. The number of H-pyrrole nitrogens is 2. The Bertz CT molecular complexity index is 2440. The van der Waals surface area contributed by atoms with E-state index in [1.165, 1.54) is 0 Å². The number of ether oxygens (including phenoxy) is 4. The second-order valence-electron chi connectivity index (χ2n) is 14.0. The van der Waals surface area contributed by atoms with Crippen molar-refractivity contribution < 1.29 is 38.7 Å². The maximum atomic E-state index is 11.4. The minimum atomic E-state index is -0.931. The summed E-state index contributed by atoms with van der Waals surface area (Å²) in [6.07, 6.45) is 7.09. The van der Waals surface area contributed by atoms with E-state index in [9.17, 15) is 19.8 Å². The van der Waals surface area contributed by atoms with Crippen LogP contribution in [-0.4, -0.2) is 80.7 Å². The molecule has 5 aromatic rings. The van der Waals surface area contributed by atoms with E-state index >= 15 is 0 Å². The van der Waals surface area contributed by atoms with Crippen LogP contribution in [0.3, 0.4) is 0 Å². The lowest BCUT2D eigenvalue weighted by Gasteiger charge is -2.17. The Morgan fingerprint density at radius 2 is 0.967 bits per heavy atom. The number of benzene rings is 2. The lowest BCUT2D eigenvalue weighted by atomic mass is 10.0. The number of fused-ring (bicyclic) bond motifs is 8. The molecule has 0 saturated carbocycles. The average molecular weight is 852 g/mol. The van der Waals surface area contributed by atoms with Crippen molar-refractivity contribution in [3.63, 3.8) is 0 Å². The number of halogens is 2. The number of nitrogens with zero attached hydrogens (tertiary/aromatic N) is 2. The Kier molecular flexibility index (Phi) is 13.7. The summed E-state index contributed by atoms with van der Waals surface area (Å²) in [6, 6.07) is 22.8. The van der Waals surface area contributed by atoms with Crippen molar-refractivity contribution in [2.75, 3.05) is 26.4 Å². The Balaban J connectivity index is 1.35. The molecule has 0 amide bonds. The largest absolute Gasteiger partial charge is 0.493 e. The smallest absolute Gasteiger partial charge is 0.305 e. The first-order chi connectivity index (χ1) is 29.1. The lowest BCUT2D eigenvalue weighted by Crippen LogP contribution is -2.20. The number of rotatable bonds is 18. The normalized spacial score (nSPS) is 13.0. The molecule has 2 aliphatic rings. The fourth-order valence-corrected chi connectivity index (χ4v) is 7.68. The van der Waals surface area contributed by atoms with Gasteiger partial charge >= 0.3 is 11.9 Å². The van der Waals surface area contributed by atoms with Crippen molar-refractivity contribution in [1.82, 2.24) is 19.9 Å². The van der Waals surface area contributed by atoms with Crippen LogP contribution < -0.4 is 9.47 Å². The third kappa shape index (κ3) is 9.75. The molecular weight excluding hydrogens is 807 g/mol. The molecule has 2 unspecified atom stereocenters. The zero-order chi connectivity index (χ0) is 42.2. The van der Waals surface area contributed by atoms with Gasteiger partial charge in [-0.25, -0.2) is 9.97 Å². The van der Waals surface area contributed by atoms with Gasteiger partial charge in [-0.3, -0.25) is 9.59 Å². The van der Waals surface area contributed by atoms with Crippen molar-refractivity contribution in [2.24, 2.45) is 0 Å². The summed E-state index contributed by atoms with van der Waals surface area (Å²) in [5.41, 5.74) is 7.99. The molecule has 4 N–H and O–H groups in total. The van der Waals surface area contributed by atoms with Gasteiger partial charge in [-0.05, 0) is 74.5 Å². The zero-order valence-corrected chi connectivity index (χ0v) is 34.6. The molecule has 60 heavy (non-hydrogen) atoms. The van der Waals surface area contributed by atoms with E-state index in [0.717, 1.165) is 22.3 Å². The second-order valence-corrected chi connectivity index (χ2v) is 14.8. The Labute approximate surface area is 356 Å². The number of aromatic nitrogens is 4. The highest BCUT2D eigenvalue weighted by Crippen LogP contribution is 2.40. The number of carbonyl (C=O) groups is 2. The highest BCUT2D eigenvalue weighted by Gasteiger charge is 2.21. The van der Waals surface area contributed by atoms with E-state index < -0.39 is 24.1 Å². The van der Waals surface area contributed by atoms with Gasteiger partial charge < -0.3 is 39.1 Å². The molecule has 2 aromatic carbocycles. The Hall–Kier alpha value is -5.92. The van der Waals surface area contributed by atoms with Crippen molar-refractivity contribution in [3.05, 3.63) is 106 Å². The number of carboxylic acids is 2. The summed E-state index contributed by atoms with van der Waals surface area (Å²) in [5.74, 6) is -0.703. The van der Waals surface area contributed by atoms with E-state index in [1.54, 1.807) is 0 Å². The van der Waals surface area contributed by atoms with Gasteiger partial charge in [-0.2, -0.15) is 0 Å². The van der Waals surface area contributed by atoms with E-state index in [-0.39, 0.29) is 26.1 Å². The number of nitrogens with one attached hydrogen (secondary N) is 2. The standard InChI is InChI=1S/C46H44Cl2N4O8/c1-3-57-27(25-41(53)54)21-23-59-39-11-7-5-9-29(39)43-31-13-17-35(49-31)45(47)37-19-15-33(51-37)44(34-16-20-38(52-34)46(48)36-18-14-32(43)50-36)30-10-6-8-12-40(30)60-24-22-28(58-4-2)26-42(55)56/h5-20,27-28,49,52H,3-4,21-26H2,1-2H3,(H,53,54)(H,55,56). The van der Waals surface area contributed by atoms with Crippen molar-refractivity contribution in [2.45, 2.75) is 51.7 Å². The van der Waals surface area contributed by atoms with Crippen LogP contribution in [0.25, 0.3) is 68.6 Å². The summed E-state index contributed by atoms with van der Waals surface area (Å²) in [7, 11) is 0. The summed E-state index contributed by atoms with van der Waals surface area (Å²) in [5, 5.41) is 19.5. The fourth-order valence-electron chi connectivity index (χ4n) is 7.25. The molecule has 0 fully saturated rings. The van der Waals surface area contributed by atoms with Gasteiger partial charge in [0.1, 0.15) is 11.5 Å².